The zero-order valence-corrected chi connectivity index (χ0v) is 14.4. The third-order valence-corrected chi connectivity index (χ3v) is 4.03. The molecule has 0 saturated heterocycles. The molecule has 0 saturated carbocycles. The molecule has 0 aliphatic rings. The van der Waals surface area contributed by atoms with Crippen molar-refractivity contribution in [2.24, 2.45) is 0 Å². The highest BCUT2D eigenvalue weighted by atomic mass is 16.5. The van der Waals surface area contributed by atoms with Crippen molar-refractivity contribution in [3.63, 3.8) is 0 Å². The predicted molar refractivity (Wildman–Crippen MR) is 91.4 cm³/mol. The Labute approximate surface area is 128 Å². The molecule has 122 valence electrons. The first-order chi connectivity index (χ1) is 9.91. The van der Waals surface area contributed by atoms with Gasteiger partial charge in [-0.05, 0) is 12.8 Å². The van der Waals surface area contributed by atoms with E-state index < -0.39 is 0 Å². The molecule has 1 nitrogen and oxygen atoms in total. The fourth-order valence-electron chi connectivity index (χ4n) is 2.60. The molecule has 0 aliphatic heterocycles. The summed E-state index contributed by atoms with van der Waals surface area (Å²) in [5.74, 6) is 0. The standard InChI is InChI=1S/C19H40O/c1-3-5-7-9-10-11-12-13-14-15-17-19-20-18-16-8-6-4-2/h3-19H2,1-2H3. The summed E-state index contributed by atoms with van der Waals surface area (Å²) in [6, 6.07) is 0. The van der Waals surface area contributed by atoms with Gasteiger partial charge in [0.2, 0.25) is 0 Å². The van der Waals surface area contributed by atoms with Crippen molar-refractivity contribution in [3.8, 4) is 0 Å². The van der Waals surface area contributed by atoms with Crippen molar-refractivity contribution in [2.45, 2.75) is 110 Å². The van der Waals surface area contributed by atoms with Gasteiger partial charge in [-0.3, -0.25) is 0 Å². The lowest BCUT2D eigenvalue weighted by Gasteiger charge is -2.04. The van der Waals surface area contributed by atoms with E-state index in [1.165, 1.54) is 96.3 Å². The zero-order chi connectivity index (χ0) is 14.7. The van der Waals surface area contributed by atoms with Gasteiger partial charge in [-0.25, -0.2) is 0 Å². The second-order valence-corrected chi connectivity index (χ2v) is 6.21. The lowest BCUT2D eigenvalue weighted by atomic mass is 10.1. The summed E-state index contributed by atoms with van der Waals surface area (Å²) in [6.45, 7) is 6.52. The van der Waals surface area contributed by atoms with Gasteiger partial charge >= 0.3 is 0 Å². The highest BCUT2D eigenvalue weighted by molar-refractivity contribution is 4.48. The number of rotatable bonds is 17. The molecule has 0 rings (SSSR count). The van der Waals surface area contributed by atoms with Gasteiger partial charge in [0.25, 0.3) is 0 Å². The van der Waals surface area contributed by atoms with Crippen LogP contribution in [0.15, 0.2) is 0 Å². The molecular formula is C19H40O. The van der Waals surface area contributed by atoms with Crippen LogP contribution in [0, 0.1) is 0 Å². The second-order valence-electron chi connectivity index (χ2n) is 6.21. The summed E-state index contributed by atoms with van der Waals surface area (Å²) in [5, 5.41) is 0. The molecule has 0 fully saturated rings. The molecule has 0 N–H and O–H groups in total. The minimum Gasteiger partial charge on any atom is -0.381 e. The van der Waals surface area contributed by atoms with Gasteiger partial charge in [0.1, 0.15) is 0 Å². The van der Waals surface area contributed by atoms with Crippen LogP contribution in [-0.4, -0.2) is 13.2 Å². The number of hydrogen-bond acceptors (Lipinski definition) is 1. The molecule has 0 heterocycles. The molecule has 0 aromatic carbocycles. The second kappa shape index (κ2) is 19.0. The van der Waals surface area contributed by atoms with Gasteiger partial charge in [-0.2, -0.15) is 0 Å². The SMILES string of the molecule is CCCCCCCCCCCCCOCCCCCC. The van der Waals surface area contributed by atoms with Crippen LogP contribution in [0.25, 0.3) is 0 Å². The Kier molecular flexibility index (Phi) is 18.9. The van der Waals surface area contributed by atoms with E-state index in [4.69, 9.17) is 4.74 Å². The van der Waals surface area contributed by atoms with Gasteiger partial charge in [-0.1, -0.05) is 97.3 Å². The van der Waals surface area contributed by atoms with Crippen LogP contribution >= 0.6 is 0 Å². The fraction of sp³-hybridized carbons (Fsp3) is 1.00. The maximum Gasteiger partial charge on any atom is 0.0466 e. The molecule has 0 aromatic rings. The maximum atomic E-state index is 5.66. The number of unbranched alkanes of at least 4 members (excludes halogenated alkanes) is 13. The van der Waals surface area contributed by atoms with Crippen LogP contribution in [0.5, 0.6) is 0 Å². The van der Waals surface area contributed by atoms with Gasteiger partial charge in [0.05, 0.1) is 0 Å². The van der Waals surface area contributed by atoms with Crippen LogP contribution in [0.4, 0.5) is 0 Å². The van der Waals surface area contributed by atoms with Crippen molar-refractivity contribution in [1.29, 1.82) is 0 Å². The van der Waals surface area contributed by atoms with Crippen molar-refractivity contribution < 1.29 is 4.74 Å². The van der Waals surface area contributed by atoms with Crippen molar-refractivity contribution >= 4 is 0 Å². The Balaban J connectivity index is 2.89. The van der Waals surface area contributed by atoms with Crippen LogP contribution in [-0.2, 0) is 4.74 Å². The zero-order valence-electron chi connectivity index (χ0n) is 14.4. The molecular weight excluding hydrogens is 244 g/mol. The van der Waals surface area contributed by atoms with E-state index in [1.807, 2.05) is 0 Å². The van der Waals surface area contributed by atoms with Crippen LogP contribution in [0.3, 0.4) is 0 Å². The van der Waals surface area contributed by atoms with Gasteiger partial charge in [0.15, 0.2) is 0 Å². The number of hydrogen-bond donors (Lipinski definition) is 0. The molecule has 0 spiro atoms. The lowest BCUT2D eigenvalue weighted by Crippen LogP contribution is -1.97. The molecule has 0 bridgehead atoms. The third kappa shape index (κ3) is 18.0. The maximum absolute atomic E-state index is 5.66. The Morgan fingerprint density at radius 2 is 0.700 bits per heavy atom. The molecule has 0 unspecified atom stereocenters. The van der Waals surface area contributed by atoms with E-state index in [9.17, 15) is 0 Å². The van der Waals surface area contributed by atoms with Crippen molar-refractivity contribution in [1.82, 2.24) is 0 Å². The summed E-state index contributed by atoms with van der Waals surface area (Å²) in [7, 11) is 0. The summed E-state index contributed by atoms with van der Waals surface area (Å²) in [4.78, 5) is 0. The quantitative estimate of drug-likeness (QED) is 0.264. The Hall–Kier alpha value is -0.0400. The summed E-state index contributed by atoms with van der Waals surface area (Å²) in [6.07, 6.45) is 20.8. The topological polar surface area (TPSA) is 9.23 Å². The van der Waals surface area contributed by atoms with E-state index in [1.54, 1.807) is 0 Å². The summed E-state index contributed by atoms with van der Waals surface area (Å²) in [5.41, 5.74) is 0. The average Bonchev–Trinajstić information content (AvgIpc) is 2.47. The first kappa shape index (κ1) is 20.0. The molecule has 1 heteroatoms. The number of ether oxygens (including phenoxy) is 1. The lowest BCUT2D eigenvalue weighted by molar-refractivity contribution is 0.125. The first-order valence-corrected chi connectivity index (χ1v) is 9.49. The monoisotopic (exact) mass is 284 g/mol. The molecule has 0 amide bonds. The smallest absolute Gasteiger partial charge is 0.0466 e. The van der Waals surface area contributed by atoms with Crippen molar-refractivity contribution in [3.05, 3.63) is 0 Å². The van der Waals surface area contributed by atoms with Gasteiger partial charge in [-0.15, -0.1) is 0 Å². The molecule has 20 heavy (non-hydrogen) atoms. The molecule has 0 radical (unpaired) electrons. The van der Waals surface area contributed by atoms with E-state index >= 15 is 0 Å². The van der Waals surface area contributed by atoms with E-state index in [-0.39, 0.29) is 0 Å². The van der Waals surface area contributed by atoms with Gasteiger partial charge in [0, 0.05) is 13.2 Å². The molecule has 0 aromatic heterocycles. The normalized spacial score (nSPS) is 11.1. The Morgan fingerprint density at radius 3 is 1.10 bits per heavy atom. The highest BCUT2D eigenvalue weighted by Crippen LogP contribution is 2.11. The average molecular weight is 285 g/mol. The first-order valence-electron chi connectivity index (χ1n) is 9.49. The third-order valence-electron chi connectivity index (χ3n) is 4.03. The summed E-state index contributed by atoms with van der Waals surface area (Å²) < 4.78 is 5.66. The fourth-order valence-corrected chi connectivity index (χ4v) is 2.60. The Morgan fingerprint density at radius 1 is 0.400 bits per heavy atom. The Bertz CT molecular complexity index is 138. The van der Waals surface area contributed by atoms with E-state index in [0.29, 0.717) is 0 Å². The van der Waals surface area contributed by atoms with E-state index in [2.05, 4.69) is 13.8 Å². The minimum absolute atomic E-state index is 0.984. The molecule has 0 atom stereocenters. The highest BCUT2D eigenvalue weighted by Gasteiger charge is 1.94. The van der Waals surface area contributed by atoms with Crippen molar-refractivity contribution in [2.75, 3.05) is 13.2 Å². The largest absolute Gasteiger partial charge is 0.381 e. The van der Waals surface area contributed by atoms with Crippen LogP contribution in [0.2, 0.25) is 0 Å². The summed E-state index contributed by atoms with van der Waals surface area (Å²) >= 11 is 0. The van der Waals surface area contributed by atoms with Gasteiger partial charge < -0.3 is 4.74 Å². The van der Waals surface area contributed by atoms with Crippen LogP contribution < -0.4 is 0 Å². The predicted octanol–water partition coefficient (Wildman–Crippen LogP) is 6.89. The molecule has 0 aliphatic carbocycles. The minimum atomic E-state index is 0.984. The van der Waals surface area contributed by atoms with E-state index in [0.717, 1.165) is 13.2 Å². The van der Waals surface area contributed by atoms with Crippen LogP contribution in [0.1, 0.15) is 110 Å².